The average molecular weight is 348 g/mol. The third kappa shape index (κ3) is 4.00. The van der Waals surface area contributed by atoms with Crippen LogP contribution in [0, 0.1) is 6.92 Å². The Hall–Kier alpha value is -1.66. The van der Waals surface area contributed by atoms with Gasteiger partial charge in [0.1, 0.15) is 0 Å². The first-order valence-corrected chi connectivity index (χ1v) is 9.55. The maximum Gasteiger partial charge on any atom is 0.279 e. The number of rotatable bonds is 2. The summed E-state index contributed by atoms with van der Waals surface area (Å²) in [5, 5.41) is 0. The van der Waals surface area contributed by atoms with E-state index in [1.165, 1.54) is 47.5 Å². The van der Waals surface area contributed by atoms with Gasteiger partial charge in [-0.3, -0.25) is 20.4 Å². The molecule has 2 aromatic rings. The van der Waals surface area contributed by atoms with E-state index in [-0.39, 0.29) is 11.8 Å². The standard InChI is InChI=1S/C17H20N2O2S2/c1-11-8-9-14(22-11)16(20)18-19-17(21)15-10-12-6-4-2-3-5-7-13(12)23-15/h8-10H,2-7H2,1H3,(H,18,20)(H,19,21). The molecule has 1 aliphatic carbocycles. The molecule has 0 fully saturated rings. The second-order valence-electron chi connectivity index (χ2n) is 5.79. The van der Waals surface area contributed by atoms with Crippen LogP contribution in [0.3, 0.4) is 0 Å². The molecule has 1 aliphatic rings. The van der Waals surface area contributed by atoms with Crippen molar-refractivity contribution in [1.82, 2.24) is 10.9 Å². The molecule has 0 aliphatic heterocycles. The molecule has 0 saturated heterocycles. The molecule has 2 heterocycles. The average Bonchev–Trinajstić information content (AvgIpc) is 3.11. The lowest BCUT2D eigenvalue weighted by atomic mass is 10.00. The minimum Gasteiger partial charge on any atom is -0.266 e. The number of carbonyl (C=O) groups excluding carboxylic acids is 2. The number of thiophene rings is 2. The Morgan fingerprint density at radius 1 is 0.913 bits per heavy atom. The third-order valence-corrected chi connectivity index (χ3v) is 6.21. The molecule has 0 atom stereocenters. The summed E-state index contributed by atoms with van der Waals surface area (Å²) >= 11 is 2.97. The van der Waals surface area contributed by atoms with Crippen LogP contribution in [0.25, 0.3) is 0 Å². The number of nitrogens with one attached hydrogen (secondary N) is 2. The highest BCUT2D eigenvalue weighted by molar-refractivity contribution is 7.14. The van der Waals surface area contributed by atoms with E-state index in [9.17, 15) is 9.59 Å². The van der Waals surface area contributed by atoms with Crippen molar-refractivity contribution in [2.45, 2.75) is 45.4 Å². The minimum atomic E-state index is -0.272. The predicted molar refractivity (Wildman–Crippen MR) is 94.2 cm³/mol. The van der Waals surface area contributed by atoms with Crippen LogP contribution in [-0.4, -0.2) is 11.8 Å². The quantitative estimate of drug-likeness (QED) is 0.810. The number of fused-ring (bicyclic) bond motifs is 1. The van der Waals surface area contributed by atoms with E-state index in [2.05, 4.69) is 10.9 Å². The summed E-state index contributed by atoms with van der Waals surface area (Å²) in [6.07, 6.45) is 7.05. The topological polar surface area (TPSA) is 58.2 Å². The highest BCUT2D eigenvalue weighted by Crippen LogP contribution is 2.28. The Balaban J connectivity index is 1.62. The number of hydrogen-bond donors (Lipinski definition) is 2. The van der Waals surface area contributed by atoms with E-state index in [0.717, 1.165) is 17.7 Å². The Morgan fingerprint density at radius 3 is 2.30 bits per heavy atom. The summed E-state index contributed by atoms with van der Waals surface area (Å²) in [6.45, 7) is 1.95. The van der Waals surface area contributed by atoms with Crippen molar-refractivity contribution in [3.63, 3.8) is 0 Å². The third-order valence-electron chi connectivity index (χ3n) is 3.97. The van der Waals surface area contributed by atoms with Crippen LogP contribution in [0.2, 0.25) is 0 Å². The number of aryl methyl sites for hydroxylation is 3. The molecule has 2 N–H and O–H groups in total. The van der Waals surface area contributed by atoms with Crippen LogP contribution in [0.5, 0.6) is 0 Å². The molecule has 0 bridgehead atoms. The molecule has 122 valence electrons. The highest BCUT2D eigenvalue weighted by Gasteiger charge is 2.17. The van der Waals surface area contributed by atoms with Gasteiger partial charge in [-0.15, -0.1) is 22.7 Å². The Bertz CT molecular complexity index is 693. The van der Waals surface area contributed by atoms with Gasteiger partial charge in [-0.2, -0.15) is 0 Å². The minimum absolute atomic E-state index is 0.233. The molecule has 2 amide bonds. The fourth-order valence-corrected chi connectivity index (χ4v) is 4.66. The molecule has 0 radical (unpaired) electrons. The van der Waals surface area contributed by atoms with Crippen molar-refractivity contribution < 1.29 is 9.59 Å². The predicted octanol–water partition coefficient (Wildman–Crippen LogP) is 3.85. The molecule has 6 heteroatoms. The molecule has 0 saturated carbocycles. The fourth-order valence-electron chi connectivity index (χ4n) is 2.75. The monoisotopic (exact) mass is 348 g/mol. The van der Waals surface area contributed by atoms with Crippen LogP contribution in [0.1, 0.15) is 60.3 Å². The maximum atomic E-state index is 12.3. The summed E-state index contributed by atoms with van der Waals surface area (Å²) < 4.78 is 0. The van der Waals surface area contributed by atoms with Gasteiger partial charge in [0.15, 0.2) is 0 Å². The van der Waals surface area contributed by atoms with Gasteiger partial charge in [0.25, 0.3) is 11.8 Å². The SMILES string of the molecule is Cc1ccc(C(=O)NNC(=O)c2cc3c(s2)CCCCCC3)s1. The Morgan fingerprint density at radius 2 is 1.61 bits per heavy atom. The van der Waals surface area contributed by atoms with E-state index in [4.69, 9.17) is 0 Å². The number of carbonyl (C=O) groups is 2. The van der Waals surface area contributed by atoms with E-state index in [1.807, 2.05) is 19.1 Å². The number of hydrazine groups is 1. The van der Waals surface area contributed by atoms with Gasteiger partial charge in [0, 0.05) is 9.75 Å². The maximum absolute atomic E-state index is 12.3. The van der Waals surface area contributed by atoms with Gasteiger partial charge in [-0.1, -0.05) is 12.8 Å². The van der Waals surface area contributed by atoms with Gasteiger partial charge >= 0.3 is 0 Å². The molecule has 0 spiro atoms. The summed E-state index contributed by atoms with van der Waals surface area (Å²) in [5.41, 5.74) is 6.33. The van der Waals surface area contributed by atoms with Crippen LogP contribution >= 0.6 is 22.7 Å². The molecule has 0 unspecified atom stereocenters. The zero-order valence-electron chi connectivity index (χ0n) is 13.1. The Kier molecular flexibility index (Phi) is 5.13. The first-order chi connectivity index (χ1) is 11.1. The Labute approximate surface area is 143 Å². The second kappa shape index (κ2) is 7.27. The first-order valence-electron chi connectivity index (χ1n) is 7.92. The van der Waals surface area contributed by atoms with Crippen LogP contribution in [0.15, 0.2) is 18.2 Å². The van der Waals surface area contributed by atoms with Crippen LogP contribution in [-0.2, 0) is 12.8 Å². The molecule has 3 rings (SSSR count). The number of amides is 2. The molecule has 4 nitrogen and oxygen atoms in total. The zero-order valence-corrected chi connectivity index (χ0v) is 14.7. The summed E-state index contributed by atoms with van der Waals surface area (Å²) in [5.74, 6) is -0.505. The molecular formula is C17H20N2O2S2. The molecule has 23 heavy (non-hydrogen) atoms. The summed E-state index contributed by atoms with van der Waals surface area (Å²) in [4.78, 5) is 27.9. The van der Waals surface area contributed by atoms with Crippen LogP contribution in [0.4, 0.5) is 0 Å². The van der Waals surface area contributed by atoms with Gasteiger partial charge in [-0.05, 0) is 56.4 Å². The van der Waals surface area contributed by atoms with E-state index in [1.54, 1.807) is 17.4 Å². The number of hydrogen-bond acceptors (Lipinski definition) is 4. The molecule has 2 aromatic heterocycles. The largest absolute Gasteiger partial charge is 0.279 e. The molecule has 0 aromatic carbocycles. The normalized spacial score (nSPS) is 14.5. The van der Waals surface area contributed by atoms with Gasteiger partial charge in [0.05, 0.1) is 9.75 Å². The second-order valence-corrected chi connectivity index (χ2v) is 8.22. The lowest BCUT2D eigenvalue weighted by Crippen LogP contribution is -2.41. The summed E-state index contributed by atoms with van der Waals surface area (Å²) in [6, 6.07) is 5.64. The lowest BCUT2D eigenvalue weighted by Gasteiger charge is -2.07. The van der Waals surface area contributed by atoms with Gasteiger partial charge in [-0.25, -0.2) is 0 Å². The first kappa shape index (κ1) is 16.2. The van der Waals surface area contributed by atoms with Crippen molar-refractivity contribution in [3.05, 3.63) is 43.3 Å². The van der Waals surface area contributed by atoms with Crippen molar-refractivity contribution in [1.29, 1.82) is 0 Å². The van der Waals surface area contributed by atoms with Crippen molar-refractivity contribution >= 4 is 34.5 Å². The van der Waals surface area contributed by atoms with E-state index < -0.39 is 0 Å². The molecular weight excluding hydrogens is 328 g/mol. The fraction of sp³-hybridized carbons (Fsp3) is 0.412. The van der Waals surface area contributed by atoms with E-state index >= 15 is 0 Å². The van der Waals surface area contributed by atoms with Crippen LogP contribution < -0.4 is 10.9 Å². The van der Waals surface area contributed by atoms with Crippen molar-refractivity contribution in [2.75, 3.05) is 0 Å². The van der Waals surface area contributed by atoms with Gasteiger partial charge in [0.2, 0.25) is 0 Å². The lowest BCUT2D eigenvalue weighted by molar-refractivity contribution is 0.0851. The zero-order chi connectivity index (χ0) is 16.2. The van der Waals surface area contributed by atoms with E-state index in [0.29, 0.717) is 9.75 Å². The van der Waals surface area contributed by atoms with Crippen molar-refractivity contribution in [2.24, 2.45) is 0 Å². The summed E-state index contributed by atoms with van der Waals surface area (Å²) in [7, 11) is 0. The van der Waals surface area contributed by atoms with Gasteiger partial charge < -0.3 is 0 Å². The van der Waals surface area contributed by atoms with Crippen molar-refractivity contribution in [3.8, 4) is 0 Å². The smallest absolute Gasteiger partial charge is 0.266 e. The highest BCUT2D eigenvalue weighted by atomic mass is 32.1.